The van der Waals surface area contributed by atoms with Gasteiger partial charge in [-0.1, -0.05) is 0 Å². The van der Waals surface area contributed by atoms with Gasteiger partial charge >= 0.3 is 12.1 Å². The molecule has 110 valence electrons. The van der Waals surface area contributed by atoms with Gasteiger partial charge in [-0.05, 0) is 31.2 Å². The highest BCUT2D eigenvalue weighted by Gasteiger charge is 2.40. The van der Waals surface area contributed by atoms with Gasteiger partial charge in [-0.15, -0.1) is 0 Å². The number of aliphatic carboxylic acids is 1. The Balaban J connectivity index is 1.94. The number of hydrogen-bond donors (Lipinski definition) is 1. The van der Waals surface area contributed by atoms with Crippen LogP contribution in [-0.4, -0.2) is 36.4 Å². The van der Waals surface area contributed by atoms with Gasteiger partial charge < -0.3 is 14.7 Å². The van der Waals surface area contributed by atoms with Crippen molar-refractivity contribution >= 4 is 11.7 Å². The van der Waals surface area contributed by atoms with Crippen LogP contribution in [0.4, 0.5) is 18.9 Å². The van der Waals surface area contributed by atoms with E-state index in [0.717, 1.165) is 12.1 Å². The van der Waals surface area contributed by atoms with Crippen LogP contribution < -0.4 is 4.90 Å². The first-order valence-corrected chi connectivity index (χ1v) is 5.98. The van der Waals surface area contributed by atoms with Crippen molar-refractivity contribution in [3.63, 3.8) is 0 Å². The molecule has 7 heteroatoms. The van der Waals surface area contributed by atoms with Crippen molar-refractivity contribution in [3.8, 4) is 0 Å². The van der Waals surface area contributed by atoms with Crippen LogP contribution in [0.5, 0.6) is 0 Å². The summed E-state index contributed by atoms with van der Waals surface area (Å²) < 4.78 is 42.5. The summed E-state index contributed by atoms with van der Waals surface area (Å²) in [6.45, 7) is 2.30. The van der Waals surface area contributed by atoms with Gasteiger partial charge in [0.1, 0.15) is 12.2 Å². The highest BCUT2D eigenvalue weighted by Crippen LogP contribution is 2.33. The lowest BCUT2D eigenvalue weighted by molar-refractivity contribution is -0.150. The second kappa shape index (κ2) is 4.97. The Morgan fingerprint density at radius 2 is 1.90 bits per heavy atom. The standard InChI is InChI=1S/C13H14F3NO3/c1-12(20-6-11(18)19)7-17(8-12)10-4-2-9(3-5-10)13(14,15)16/h2-5H,6-8H2,1H3,(H,18,19). The molecule has 1 heterocycles. The molecule has 1 aliphatic rings. The van der Waals surface area contributed by atoms with Crippen molar-refractivity contribution in [1.82, 2.24) is 0 Å². The van der Waals surface area contributed by atoms with E-state index < -0.39 is 23.3 Å². The summed E-state index contributed by atoms with van der Waals surface area (Å²) in [6.07, 6.45) is -4.34. The molecule has 0 radical (unpaired) electrons. The average molecular weight is 289 g/mol. The molecule has 0 atom stereocenters. The predicted molar refractivity (Wildman–Crippen MR) is 65.6 cm³/mol. The van der Waals surface area contributed by atoms with E-state index >= 15 is 0 Å². The molecule has 0 aromatic heterocycles. The molecule has 2 rings (SSSR count). The van der Waals surface area contributed by atoms with Gasteiger partial charge in [-0.25, -0.2) is 4.79 Å². The molecule has 1 aromatic carbocycles. The smallest absolute Gasteiger partial charge is 0.416 e. The van der Waals surface area contributed by atoms with Gasteiger partial charge in [0.05, 0.1) is 5.56 Å². The van der Waals surface area contributed by atoms with E-state index in [1.807, 2.05) is 4.90 Å². The Kier molecular flexibility index (Phi) is 3.64. The molecule has 0 spiro atoms. The lowest BCUT2D eigenvalue weighted by Crippen LogP contribution is -2.62. The second-order valence-corrected chi connectivity index (χ2v) is 5.03. The Morgan fingerprint density at radius 3 is 2.35 bits per heavy atom. The fourth-order valence-electron chi connectivity index (χ4n) is 2.13. The quantitative estimate of drug-likeness (QED) is 0.924. The molecule has 1 aliphatic heterocycles. The molecular formula is C13H14F3NO3. The summed E-state index contributed by atoms with van der Waals surface area (Å²) in [5.74, 6) is -1.04. The third kappa shape index (κ3) is 3.22. The summed E-state index contributed by atoms with van der Waals surface area (Å²) in [5.41, 5.74) is -0.595. The van der Waals surface area contributed by atoms with Crippen LogP contribution in [0.15, 0.2) is 24.3 Å². The number of ether oxygens (including phenoxy) is 1. The molecule has 1 N–H and O–H groups in total. The molecule has 1 saturated heterocycles. The largest absolute Gasteiger partial charge is 0.480 e. The normalized spacial score (nSPS) is 17.7. The molecule has 0 amide bonds. The number of carbonyl (C=O) groups is 1. The van der Waals surface area contributed by atoms with Crippen LogP contribution in [0.3, 0.4) is 0 Å². The Morgan fingerprint density at radius 1 is 1.35 bits per heavy atom. The first-order valence-electron chi connectivity index (χ1n) is 5.98. The summed E-state index contributed by atoms with van der Waals surface area (Å²) >= 11 is 0. The summed E-state index contributed by atoms with van der Waals surface area (Å²) in [4.78, 5) is 12.3. The zero-order chi connectivity index (χ0) is 15.0. The van der Waals surface area contributed by atoms with Crippen molar-refractivity contribution in [3.05, 3.63) is 29.8 Å². The molecule has 20 heavy (non-hydrogen) atoms. The minimum atomic E-state index is -4.34. The third-order valence-corrected chi connectivity index (χ3v) is 3.15. The van der Waals surface area contributed by atoms with Gasteiger partial charge in [0.25, 0.3) is 0 Å². The Bertz CT molecular complexity index is 493. The van der Waals surface area contributed by atoms with E-state index in [2.05, 4.69) is 0 Å². The van der Waals surface area contributed by atoms with Gasteiger partial charge in [0.2, 0.25) is 0 Å². The van der Waals surface area contributed by atoms with Crippen LogP contribution in [0, 0.1) is 0 Å². The van der Waals surface area contributed by atoms with Gasteiger partial charge in [-0.3, -0.25) is 0 Å². The second-order valence-electron chi connectivity index (χ2n) is 5.03. The van der Waals surface area contributed by atoms with Crippen LogP contribution in [0.25, 0.3) is 0 Å². The van der Waals surface area contributed by atoms with Crippen molar-refractivity contribution < 1.29 is 27.8 Å². The zero-order valence-corrected chi connectivity index (χ0v) is 10.8. The lowest BCUT2D eigenvalue weighted by Gasteiger charge is -2.48. The SMILES string of the molecule is CC1(OCC(=O)O)CN(c2ccc(C(F)(F)F)cc2)C1. The monoisotopic (exact) mass is 289 g/mol. The van der Waals surface area contributed by atoms with Gasteiger partial charge in [-0.2, -0.15) is 13.2 Å². The number of carboxylic acids is 1. The number of alkyl halides is 3. The summed E-state index contributed by atoms with van der Waals surface area (Å²) in [5, 5.41) is 8.54. The van der Waals surface area contributed by atoms with E-state index in [-0.39, 0.29) is 6.61 Å². The topological polar surface area (TPSA) is 49.8 Å². The van der Waals surface area contributed by atoms with Crippen LogP contribution in [0.1, 0.15) is 12.5 Å². The van der Waals surface area contributed by atoms with Gasteiger partial charge in [0, 0.05) is 18.8 Å². The molecular weight excluding hydrogens is 275 g/mol. The molecule has 0 unspecified atom stereocenters. The molecule has 4 nitrogen and oxygen atoms in total. The van der Waals surface area contributed by atoms with Gasteiger partial charge in [0.15, 0.2) is 0 Å². The van der Waals surface area contributed by atoms with E-state index in [4.69, 9.17) is 9.84 Å². The number of halogens is 3. The maximum atomic E-state index is 12.4. The van der Waals surface area contributed by atoms with Crippen LogP contribution in [-0.2, 0) is 15.7 Å². The maximum Gasteiger partial charge on any atom is 0.416 e. The molecule has 1 fully saturated rings. The molecule has 1 aromatic rings. The van der Waals surface area contributed by atoms with E-state index in [1.165, 1.54) is 12.1 Å². The third-order valence-electron chi connectivity index (χ3n) is 3.15. The minimum Gasteiger partial charge on any atom is -0.480 e. The number of anilines is 1. The number of rotatable bonds is 4. The van der Waals surface area contributed by atoms with Crippen LogP contribution >= 0.6 is 0 Å². The first kappa shape index (κ1) is 14.6. The zero-order valence-electron chi connectivity index (χ0n) is 10.8. The fraction of sp³-hybridized carbons (Fsp3) is 0.462. The number of benzene rings is 1. The number of hydrogen-bond acceptors (Lipinski definition) is 3. The van der Waals surface area contributed by atoms with E-state index in [1.54, 1.807) is 6.92 Å². The summed E-state index contributed by atoms with van der Waals surface area (Å²) in [7, 11) is 0. The van der Waals surface area contributed by atoms with Crippen molar-refractivity contribution in [2.45, 2.75) is 18.7 Å². The highest BCUT2D eigenvalue weighted by molar-refractivity contribution is 5.68. The average Bonchev–Trinajstić information content (AvgIpc) is 2.32. The fourth-order valence-corrected chi connectivity index (χ4v) is 2.13. The Hall–Kier alpha value is -1.76. The Labute approximate surface area is 113 Å². The van der Waals surface area contributed by atoms with Crippen LogP contribution in [0.2, 0.25) is 0 Å². The number of carboxylic acid groups (broad SMARTS) is 1. The van der Waals surface area contributed by atoms with Crippen molar-refractivity contribution in [1.29, 1.82) is 0 Å². The first-order chi connectivity index (χ1) is 9.20. The van der Waals surface area contributed by atoms with Crippen molar-refractivity contribution in [2.75, 3.05) is 24.6 Å². The van der Waals surface area contributed by atoms with E-state index in [9.17, 15) is 18.0 Å². The van der Waals surface area contributed by atoms with E-state index in [0.29, 0.717) is 18.8 Å². The maximum absolute atomic E-state index is 12.4. The molecule has 0 saturated carbocycles. The molecule has 0 bridgehead atoms. The minimum absolute atomic E-state index is 0.378. The highest BCUT2D eigenvalue weighted by atomic mass is 19.4. The van der Waals surface area contributed by atoms with Crippen molar-refractivity contribution in [2.24, 2.45) is 0 Å². The number of nitrogens with zero attached hydrogens (tertiary/aromatic N) is 1. The lowest BCUT2D eigenvalue weighted by atomic mass is 9.95. The molecule has 0 aliphatic carbocycles. The predicted octanol–water partition coefficient (Wildman–Crippen LogP) is 2.39. The summed E-state index contributed by atoms with van der Waals surface area (Å²) in [6, 6.07) is 4.87.